The standard InChI is InChI=1S/C25H23ClF6N8O4/c1-23(2,44)12-34-21(42)20-35-17(36-40(20)19-15(24(27,28)29)4-3-9-33-19)11-39-22(43)38(10-16(41)25(30,31)32)18(37-39)13-5-7-14(26)8-6-13/h3-9,16,41,44H,10-12H2,1-2H3,(H,34,42). The minimum absolute atomic E-state index is 0.146. The SMILES string of the molecule is CC(C)(O)CNC(=O)c1nc(Cn2nc(-c3ccc(Cl)cc3)n(CC(O)C(F)(F)F)c2=O)nn1-c1ncccc1C(F)(F)F. The van der Waals surface area contributed by atoms with Gasteiger partial charge in [-0.2, -0.15) is 31.0 Å². The van der Waals surface area contributed by atoms with E-state index in [9.17, 15) is 46.1 Å². The molecule has 3 heterocycles. The van der Waals surface area contributed by atoms with Gasteiger partial charge in [0.25, 0.3) is 5.91 Å². The van der Waals surface area contributed by atoms with Crippen LogP contribution < -0.4 is 11.0 Å². The highest BCUT2D eigenvalue weighted by Gasteiger charge is 2.40. The van der Waals surface area contributed by atoms with Crippen molar-refractivity contribution in [1.29, 1.82) is 0 Å². The molecular formula is C25H23ClF6N8O4. The van der Waals surface area contributed by atoms with Crippen LogP contribution in [-0.2, 0) is 19.3 Å². The number of alkyl halides is 6. The van der Waals surface area contributed by atoms with Crippen LogP contribution in [0, 0.1) is 0 Å². The van der Waals surface area contributed by atoms with Crippen LogP contribution >= 0.6 is 11.6 Å². The third-order valence-corrected chi connectivity index (χ3v) is 6.13. The number of aromatic nitrogens is 7. The molecule has 4 rings (SSSR count). The van der Waals surface area contributed by atoms with Crippen LogP contribution in [0.2, 0.25) is 5.02 Å². The second-order valence-corrected chi connectivity index (χ2v) is 10.5. The highest BCUT2D eigenvalue weighted by molar-refractivity contribution is 6.30. The number of amides is 1. The summed E-state index contributed by atoms with van der Waals surface area (Å²) < 4.78 is 82.6. The van der Waals surface area contributed by atoms with Crippen LogP contribution in [-0.4, -0.2) is 74.6 Å². The van der Waals surface area contributed by atoms with Crippen molar-refractivity contribution < 1.29 is 41.4 Å². The predicted molar refractivity (Wildman–Crippen MR) is 141 cm³/mol. The van der Waals surface area contributed by atoms with E-state index in [1.54, 1.807) is 0 Å². The Labute approximate surface area is 248 Å². The molecular weight excluding hydrogens is 626 g/mol. The van der Waals surface area contributed by atoms with Crippen molar-refractivity contribution in [2.24, 2.45) is 0 Å². The number of hydrogen-bond donors (Lipinski definition) is 3. The molecule has 0 saturated heterocycles. The molecule has 236 valence electrons. The van der Waals surface area contributed by atoms with Crippen molar-refractivity contribution in [3.05, 3.63) is 75.3 Å². The predicted octanol–water partition coefficient (Wildman–Crippen LogP) is 2.83. The van der Waals surface area contributed by atoms with Crippen molar-refractivity contribution >= 4 is 17.5 Å². The molecule has 3 N–H and O–H groups in total. The number of hydrogen-bond acceptors (Lipinski definition) is 8. The zero-order valence-electron chi connectivity index (χ0n) is 22.7. The van der Waals surface area contributed by atoms with Crippen molar-refractivity contribution in [1.82, 2.24) is 39.4 Å². The Morgan fingerprint density at radius 3 is 2.32 bits per heavy atom. The third-order valence-electron chi connectivity index (χ3n) is 5.88. The normalized spacial score (nSPS) is 13.2. The number of nitrogens with one attached hydrogen (secondary N) is 1. The Hall–Kier alpha value is -4.29. The Kier molecular flexibility index (Phi) is 8.90. The summed E-state index contributed by atoms with van der Waals surface area (Å²) in [6.07, 6.45) is -11.9. The summed E-state index contributed by atoms with van der Waals surface area (Å²) in [5.41, 5.74) is -3.70. The molecule has 12 nitrogen and oxygen atoms in total. The Morgan fingerprint density at radius 1 is 1.07 bits per heavy atom. The molecule has 4 aromatic rings. The number of rotatable bonds is 9. The van der Waals surface area contributed by atoms with Gasteiger partial charge in [0.15, 0.2) is 23.6 Å². The van der Waals surface area contributed by atoms with Crippen molar-refractivity contribution in [2.45, 2.75) is 51.0 Å². The number of pyridine rings is 1. The number of nitrogens with zero attached hydrogens (tertiary/aromatic N) is 7. The lowest BCUT2D eigenvalue weighted by atomic mass is 10.1. The van der Waals surface area contributed by atoms with E-state index in [-0.39, 0.29) is 23.0 Å². The fourth-order valence-corrected chi connectivity index (χ4v) is 3.94. The van der Waals surface area contributed by atoms with E-state index < -0.39 is 71.8 Å². The van der Waals surface area contributed by atoms with Crippen molar-refractivity contribution in [2.75, 3.05) is 6.54 Å². The van der Waals surface area contributed by atoms with Crippen molar-refractivity contribution in [3.63, 3.8) is 0 Å². The summed E-state index contributed by atoms with van der Waals surface area (Å²) >= 11 is 5.88. The van der Waals surface area contributed by atoms with E-state index in [2.05, 4.69) is 25.5 Å². The van der Waals surface area contributed by atoms with Crippen LogP contribution in [0.3, 0.4) is 0 Å². The summed E-state index contributed by atoms with van der Waals surface area (Å²) in [4.78, 5) is 33.9. The van der Waals surface area contributed by atoms with Gasteiger partial charge in [0.2, 0.25) is 5.82 Å². The first-order valence-corrected chi connectivity index (χ1v) is 12.9. The number of halogens is 7. The van der Waals surface area contributed by atoms with E-state index in [4.69, 9.17) is 11.6 Å². The molecule has 0 saturated carbocycles. The second kappa shape index (κ2) is 12.0. The molecule has 3 aromatic heterocycles. The molecule has 0 aliphatic carbocycles. The lowest BCUT2D eigenvalue weighted by Gasteiger charge is -2.17. The summed E-state index contributed by atoms with van der Waals surface area (Å²) in [6.45, 7) is 0.427. The van der Waals surface area contributed by atoms with Crippen LogP contribution in [0.15, 0.2) is 47.4 Å². The molecule has 1 amide bonds. The van der Waals surface area contributed by atoms with Gasteiger partial charge >= 0.3 is 18.0 Å². The summed E-state index contributed by atoms with van der Waals surface area (Å²) in [5.74, 6) is -3.34. The highest BCUT2D eigenvalue weighted by Crippen LogP contribution is 2.33. The van der Waals surface area contributed by atoms with E-state index in [1.807, 2.05) is 0 Å². The minimum atomic E-state index is -5.08. The average Bonchev–Trinajstić information content (AvgIpc) is 3.48. The van der Waals surface area contributed by atoms with Gasteiger partial charge in [-0.15, -0.1) is 10.2 Å². The minimum Gasteiger partial charge on any atom is -0.389 e. The summed E-state index contributed by atoms with van der Waals surface area (Å²) in [7, 11) is 0. The van der Waals surface area contributed by atoms with E-state index in [0.29, 0.717) is 20.0 Å². The number of carbonyl (C=O) groups excluding carboxylic acids is 1. The Morgan fingerprint density at radius 2 is 1.73 bits per heavy atom. The molecule has 44 heavy (non-hydrogen) atoms. The fraction of sp³-hybridized carbons (Fsp3) is 0.360. The molecule has 0 aliphatic heterocycles. The number of aliphatic hydroxyl groups is 2. The molecule has 0 spiro atoms. The van der Waals surface area contributed by atoms with Crippen LogP contribution in [0.25, 0.3) is 17.2 Å². The second-order valence-electron chi connectivity index (χ2n) is 10.1. The first-order valence-electron chi connectivity index (χ1n) is 12.5. The van der Waals surface area contributed by atoms with Crippen LogP contribution in [0.5, 0.6) is 0 Å². The number of benzene rings is 1. The maximum atomic E-state index is 13.8. The van der Waals surface area contributed by atoms with Gasteiger partial charge in [0, 0.05) is 23.3 Å². The number of aliphatic hydroxyl groups excluding tert-OH is 1. The maximum absolute atomic E-state index is 13.8. The van der Waals surface area contributed by atoms with Gasteiger partial charge in [-0.05, 0) is 50.2 Å². The maximum Gasteiger partial charge on any atom is 0.420 e. The van der Waals surface area contributed by atoms with E-state index in [0.717, 1.165) is 12.3 Å². The topological polar surface area (TPSA) is 153 Å². The van der Waals surface area contributed by atoms with Gasteiger partial charge in [0.05, 0.1) is 12.1 Å². The molecule has 0 bridgehead atoms. The van der Waals surface area contributed by atoms with E-state index >= 15 is 0 Å². The molecule has 0 aliphatic rings. The summed E-state index contributed by atoms with van der Waals surface area (Å²) in [5, 5.41) is 30.2. The third kappa shape index (κ3) is 7.43. The Bertz CT molecular complexity index is 1710. The van der Waals surface area contributed by atoms with Crippen molar-refractivity contribution in [3.8, 4) is 17.2 Å². The van der Waals surface area contributed by atoms with E-state index in [1.165, 1.54) is 38.1 Å². The zero-order chi connectivity index (χ0) is 32.6. The highest BCUT2D eigenvalue weighted by atomic mass is 35.5. The Balaban J connectivity index is 1.82. The van der Waals surface area contributed by atoms with Gasteiger partial charge in [-0.25, -0.2) is 19.4 Å². The largest absolute Gasteiger partial charge is 0.420 e. The molecule has 0 fully saturated rings. The van der Waals surface area contributed by atoms with Gasteiger partial charge in [-0.1, -0.05) is 11.6 Å². The van der Waals surface area contributed by atoms with Gasteiger partial charge < -0.3 is 15.5 Å². The first-order chi connectivity index (χ1) is 20.3. The molecule has 19 heteroatoms. The molecule has 1 aromatic carbocycles. The van der Waals surface area contributed by atoms with Crippen LogP contribution in [0.4, 0.5) is 26.3 Å². The lowest BCUT2D eigenvalue weighted by molar-refractivity contribution is -0.207. The lowest BCUT2D eigenvalue weighted by Crippen LogP contribution is -2.39. The average molecular weight is 649 g/mol. The fourth-order valence-electron chi connectivity index (χ4n) is 3.81. The van der Waals surface area contributed by atoms with Crippen LogP contribution in [0.1, 0.15) is 35.9 Å². The number of carbonyl (C=O) groups is 1. The zero-order valence-corrected chi connectivity index (χ0v) is 23.5. The monoisotopic (exact) mass is 648 g/mol. The molecule has 1 atom stereocenters. The summed E-state index contributed by atoms with van der Waals surface area (Å²) in [6, 6.07) is 7.21. The van der Waals surface area contributed by atoms with Gasteiger partial charge in [0.1, 0.15) is 12.1 Å². The first kappa shape index (κ1) is 32.6. The quantitative estimate of drug-likeness (QED) is 0.234. The molecule has 1 unspecified atom stereocenters. The smallest absolute Gasteiger partial charge is 0.389 e. The molecule has 0 radical (unpaired) electrons. The van der Waals surface area contributed by atoms with Gasteiger partial charge in [-0.3, -0.25) is 9.36 Å².